The Labute approximate surface area is 102 Å². The summed E-state index contributed by atoms with van der Waals surface area (Å²) >= 11 is 1.76. The molecular weight excluding hydrogens is 222 g/mol. The predicted octanol–water partition coefficient (Wildman–Crippen LogP) is 1.33. The number of nitrogens with one attached hydrogen (secondary N) is 1. The Balaban J connectivity index is 2.22. The van der Waals surface area contributed by atoms with E-state index in [4.69, 9.17) is 0 Å². The van der Waals surface area contributed by atoms with Crippen LogP contribution in [0.1, 0.15) is 26.7 Å². The van der Waals surface area contributed by atoms with Gasteiger partial charge < -0.3 is 10.2 Å². The highest BCUT2D eigenvalue weighted by Gasteiger charge is 2.19. The number of amidine groups is 1. The summed E-state index contributed by atoms with van der Waals surface area (Å²) < 4.78 is 0. The van der Waals surface area contributed by atoms with Crippen molar-refractivity contribution in [2.24, 2.45) is 4.99 Å². The lowest BCUT2D eigenvalue weighted by Gasteiger charge is -2.15. The molecule has 1 unspecified atom stereocenters. The summed E-state index contributed by atoms with van der Waals surface area (Å²) in [4.78, 5) is 17.6. The fraction of sp³-hybridized carbons (Fsp3) is 0.818. The maximum absolute atomic E-state index is 11.5. The predicted molar refractivity (Wildman–Crippen MR) is 69.9 cm³/mol. The van der Waals surface area contributed by atoms with Crippen LogP contribution in [0.4, 0.5) is 0 Å². The molecule has 1 aliphatic heterocycles. The van der Waals surface area contributed by atoms with Gasteiger partial charge in [-0.15, -0.1) is 0 Å². The summed E-state index contributed by atoms with van der Waals surface area (Å²) in [6.45, 7) is 6.15. The Morgan fingerprint density at radius 2 is 2.38 bits per heavy atom. The zero-order chi connectivity index (χ0) is 12.0. The van der Waals surface area contributed by atoms with E-state index in [1.807, 2.05) is 14.0 Å². The molecule has 1 heterocycles. The van der Waals surface area contributed by atoms with Gasteiger partial charge in [0.1, 0.15) is 0 Å². The summed E-state index contributed by atoms with van der Waals surface area (Å²) in [6, 6.07) is 0. The van der Waals surface area contributed by atoms with Gasteiger partial charge in [0, 0.05) is 18.8 Å². The third-order valence-electron chi connectivity index (χ3n) is 2.62. The van der Waals surface area contributed by atoms with E-state index >= 15 is 0 Å². The molecule has 0 aromatic heterocycles. The second kappa shape index (κ2) is 6.78. The summed E-state index contributed by atoms with van der Waals surface area (Å²) in [7, 11) is 1.81. The SMILES string of the molecule is CCCC1CN=C(NCC(=O)N(C)CC)S1. The van der Waals surface area contributed by atoms with E-state index in [9.17, 15) is 4.79 Å². The fourth-order valence-electron chi connectivity index (χ4n) is 1.45. The van der Waals surface area contributed by atoms with Crippen molar-refractivity contribution < 1.29 is 4.79 Å². The number of likely N-dealkylation sites (N-methyl/N-ethyl adjacent to an activating group) is 1. The van der Waals surface area contributed by atoms with Crippen LogP contribution in [0.2, 0.25) is 0 Å². The van der Waals surface area contributed by atoms with Gasteiger partial charge >= 0.3 is 0 Å². The first-order valence-electron chi connectivity index (χ1n) is 5.86. The van der Waals surface area contributed by atoms with Gasteiger partial charge in [-0.1, -0.05) is 25.1 Å². The van der Waals surface area contributed by atoms with Crippen LogP contribution in [0.25, 0.3) is 0 Å². The summed E-state index contributed by atoms with van der Waals surface area (Å²) in [6.07, 6.45) is 2.39. The van der Waals surface area contributed by atoms with Gasteiger partial charge in [0.15, 0.2) is 5.17 Å². The fourth-order valence-corrected chi connectivity index (χ4v) is 2.57. The van der Waals surface area contributed by atoms with Gasteiger partial charge in [-0.05, 0) is 13.3 Å². The van der Waals surface area contributed by atoms with Crippen molar-refractivity contribution in [1.82, 2.24) is 10.2 Å². The smallest absolute Gasteiger partial charge is 0.241 e. The quantitative estimate of drug-likeness (QED) is 0.792. The monoisotopic (exact) mass is 243 g/mol. The highest BCUT2D eigenvalue weighted by Crippen LogP contribution is 2.23. The second-order valence-corrected chi connectivity index (χ2v) is 5.22. The van der Waals surface area contributed by atoms with Gasteiger partial charge in [-0.25, -0.2) is 0 Å². The van der Waals surface area contributed by atoms with E-state index < -0.39 is 0 Å². The largest absolute Gasteiger partial charge is 0.356 e. The highest BCUT2D eigenvalue weighted by atomic mass is 32.2. The van der Waals surface area contributed by atoms with Crippen LogP contribution in [0.15, 0.2) is 4.99 Å². The maximum atomic E-state index is 11.5. The van der Waals surface area contributed by atoms with Crippen LogP contribution in [0, 0.1) is 0 Å². The molecule has 1 rings (SSSR count). The number of nitrogens with zero attached hydrogens (tertiary/aromatic N) is 2. The summed E-state index contributed by atoms with van der Waals surface area (Å²) in [5.74, 6) is 0.116. The molecule has 4 nitrogen and oxygen atoms in total. The van der Waals surface area contributed by atoms with Crippen molar-refractivity contribution >= 4 is 22.8 Å². The Morgan fingerprint density at radius 3 is 3.00 bits per heavy atom. The van der Waals surface area contributed by atoms with E-state index in [0.29, 0.717) is 11.8 Å². The van der Waals surface area contributed by atoms with Gasteiger partial charge in [-0.3, -0.25) is 9.79 Å². The zero-order valence-corrected chi connectivity index (χ0v) is 11.1. The molecule has 0 spiro atoms. The molecule has 1 atom stereocenters. The number of rotatable bonds is 5. The molecule has 0 aliphatic carbocycles. The van der Waals surface area contributed by atoms with Crippen molar-refractivity contribution in [3.8, 4) is 0 Å². The van der Waals surface area contributed by atoms with Crippen molar-refractivity contribution in [1.29, 1.82) is 0 Å². The van der Waals surface area contributed by atoms with E-state index in [1.165, 1.54) is 12.8 Å². The molecule has 1 amide bonds. The molecule has 5 heteroatoms. The average Bonchev–Trinajstić information content (AvgIpc) is 2.73. The van der Waals surface area contributed by atoms with Crippen molar-refractivity contribution in [3.05, 3.63) is 0 Å². The van der Waals surface area contributed by atoms with Crippen LogP contribution < -0.4 is 5.32 Å². The first-order chi connectivity index (χ1) is 7.67. The van der Waals surface area contributed by atoms with E-state index in [2.05, 4.69) is 17.2 Å². The number of hydrogen-bond donors (Lipinski definition) is 1. The number of carbonyl (C=O) groups excluding carboxylic acids is 1. The Kier molecular flexibility index (Phi) is 5.66. The van der Waals surface area contributed by atoms with E-state index in [0.717, 1.165) is 18.3 Å². The lowest BCUT2D eigenvalue weighted by atomic mass is 10.2. The molecule has 1 aliphatic rings. The third-order valence-corrected chi connectivity index (χ3v) is 3.83. The number of amides is 1. The highest BCUT2D eigenvalue weighted by molar-refractivity contribution is 8.14. The molecule has 0 fully saturated rings. The molecule has 0 aromatic carbocycles. The first-order valence-corrected chi connectivity index (χ1v) is 6.74. The van der Waals surface area contributed by atoms with Gasteiger partial charge in [0.25, 0.3) is 0 Å². The molecule has 0 bridgehead atoms. The zero-order valence-electron chi connectivity index (χ0n) is 10.3. The van der Waals surface area contributed by atoms with Crippen LogP contribution in [0.3, 0.4) is 0 Å². The van der Waals surface area contributed by atoms with Gasteiger partial charge in [0.05, 0.1) is 13.1 Å². The molecule has 0 saturated carbocycles. The minimum Gasteiger partial charge on any atom is -0.356 e. The standard InChI is InChI=1S/C11H21N3OS/c1-4-6-9-7-12-11(16-9)13-8-10(15)14(3)5-2/h9H,4-8H2,1-3H3,(H,12,13). The molecule has 0 radical (unpaired) electrons. The lowest BCUT2D eigenvalue weighted by molar-refractivity contribution is -0.128. The molecule has 0 aromatic rings. The summed E-state index contributed by atoms with van der Waals surface area (Å²) in [5.41, 5.74) is 0. The summed E-state index contributed by atoms with van der Waals surface area (Å²) in [5, 5.41) is 4.64. The maximum Gasteiger partial charge on any atom is 0.241 e. The van der Waals surface area contributed by atoms with Gasteiger partial charge in [-0.2, -0.15) is 0 Å². The number of thioether (sulfide) groups is 1. The Bertz CT molecular complexity index is 268. The van der Waals surface area contributed by atoms with Crippen LogP contribution in [0.5, 0.6) is 0 Å². The number of hydrogen-bond acceptors (Lipinski definition) is 4. The van der Waals surface area contributed by atoms with E-state index in [1.54, 1.807) is 16.7 Å². The van der Waals surface area contributed by atoms with Gasteiger partial charge in [0.2, 0.25) is 5.91 Å². The third kappa shape index (κ3) is 4.04. The van der Waals surface area contributed by atoms with Crippen LogP contribution in [-0.2, 0) is 4.79 Å². The van der Waals surface area contributed by atoms with Crippen LogP contribution in [-0.4, -0.2) is 47.9 Å². The molecule has 0 saturated heterocycles. The molecule has 16 heavy (non-hydrogen) atoms. The topological polar surface area (TPSA) is 44.7 Å². The number of aliphatic imine (C=N–C) groups is 1. The minimum atomic E-state index is 0.116. The van der Waals surface area contributed by atoms with E-state index in [-0.39, 0.29) is 5.91 Å². The van der Waals surface area contributed by atoms with Crippen LogP contribution >= 0.6 is 11.8 Å². The Hall–Kier alpha value is -0.710. The molecule has 1 N–H and O–H groups in total. The van der Waals surface area contributed by atoms with Crippen molar-refractivity contribution in [3.63, 3.8) is 0 Å². The Morgan fingerprint density at radius 1 is 1.62 bits per heavy atom. The molecular formula is C11H21N3OS. The minimum absolute atomic E-state index is 0.116. The average molecular weight is 243 g/mol. The normalized spacial score (nSPS) is 19.4. The molecule has 92 valence electrons. The van der Waals surface area contributed by atoms with Crippen molar-refractivity contribution in [2.75, 3.05) is 26.7 Å². The second-order valence-electron chi connectivity index (χ2n) is 3.94. The number of carbonyl (C=O) groups is 1. The van der Waals surface area contributed by atoms with Crippen molar-refractivity contribution in [2.45, 2.75) is 31.9 Å². The lowest BCUT2D eigenvalue weighted by Crippen LogP contribution is -2.36. The first kappa shape index (κ1) is 13.4.